The van der Waals surface area contributed by atoms with Gasteiger partial charge in [0.2, 0.25) is 5.76 Å². The molecule has 0 saturated heterocycles. The smallest absolute Gasteiger partial charge is 0.295 e. The molecule has 1 amide bonds. The minimum atomic E-state index is -0.661. The molecule has 0 spiro atoms. The molecule has 6 heteroatoms. The van der Waals surface area contributed by atoms with Crippen LogP contribution in [0, 0.1) is 13.8 Å². The number of hydrogen-bond donors (Lipinski definition) is 0. The molecule has 0 N–H and O–H groups in total. The summed E-state index contributed by atoms with van der Waals surface area (Å²) in [5, 5.41) is 0.469. The Morgan fingerprint density at radius 1 is 0.800 bits per heavy atom. The fourth-order valence-electron chi connectivity index (χ4n) is 5.17. The third-order valence-corrected chi connectivity index (χ3v) is 7.36. The van der Waals surface area contributed by atoms with Crippen molar-refractivity contribution in [3.63, 3.8) is 0 Å². The Balaban J connectivity index is 1.44. The summed E-state index contributed by atoms with van der Waals surface area (Å²) >= 11 is 0. The maximum absolute atomic E-state index is 14.0. The van der Waals surface area contributed by atoms with Gasteiger partial charge in [-0.3, -0.25) is 14.5 Å². The Morgan fingerprint density at radius 3 is 2.15 bits per heavy atom. The molecule has 0 saturated carbocycles. The van der Waals surface area contributed by atoms with Crippen LogP contribution in [0.4, 0.5) is 5.69 Å². The van der Waals surface area contributed by atoms with Crippen molar-refractivity contribution in [1.29, 1.82) is 0 Å². The number of nitrogens with zero attached hydrogens (tertiary/aromatic N) is 1. The summed E-state index contributed by atoms with van der Waals surface area (Å²) in [6, 6.07) is 27.8. The highest BCUT2D eigenvalue weighted by Crippen LogP contribution is 2.42. The van der Waals surface area contributed by atoms with E-state index < -0.39 is 6.04 Å². The standard InChI is InChI=1S/C34H29NO5/c1-4-38-26-16-12-25(13-17-26)35-31(24-10-14-27(15-11-24)39-20-23-8-6-5-7-9-23)30-32(36)28-18-21(2)22(3)19-29(28)40-33(30)34(35)37/h5-19,31H,4,20H2,1-3H3. The number of carbonyl (C=O) groups is 1. The van der Waals surface area contributed by atoms with E-state index >= 15 is 0 Å². The van der Waals surface area contributed by atoms with Crippen molar-refractivity contribution in [1.82, 2.24) is 0 Å². The van der Waals surface area contributed by atoms with Gasteiger partial charge in [-0.05, 0) is 91.6 Å². The number of aryl methyl sites for hydroxylation is 2. The van der Waals surface area contributed by atoms with Gasteiger partial charge in [-0.2, -0.15) is 0 Å². The summed E-state index contributed by atoms with van der Waals surface area (Å²) in [6.07, 6.45) is 0. The highest BCUT2D eigenvalue weighted by Gasteiger charge is 2.43. The number of amides is 1. The number of rotatable bonds is 7. The van der Waals surface area contributed by atoms with E-state index in [9.17, 15) is 9.59 Å². The van der Waals surface area contributed by atoms with Gasteiger partial charge in [0.1, 0.15) is 23.7 Å². The van der Waals surface area contributed by atoms with Crippen molar-refractivity contribution in [3.05, 3.63) is 135 Å². The minimum absolute atomic E-state index is 0.0732. The monoisotopic (exact) mass is 531 g/mol. The summed E-state index contributed by atoms with van der Waals surface area (Å²) in [4.78, 5) is 29.5. The fraction of sp³-hybridized carbons (Fsp3) is 0.176. The van der Waals surface area contributed by atoms with Crippen LogP contribution in [-0.4, -0.2) is 12.5 Å². The van der Waals surface area contributed by atoms with Crippen LogP contribution in [0.1, 0.15) is 51.3 Å². The lowest BCUT2D eigenvalue weighted by molar-refractivity contribution is 0.0971. The molecule has 1 atom stereocenters. The van der Waals surface area contributed by atoms with Crippen molar-refractivity contribution in [2.24, 2.45) is 0 Å². The molecular weight excluding hydrogens is 502 g/mol. The van der Waals surface area contributed by atoms with E-state index in [2.05, 4.69) is 0 Å². The second-order valence-electron chi connectivity index (χ2n) is 9.95. The van der Waals surface area contributed by atoms with Crippen LogP contribution in [0.5, 0.6) is 11.5 Å². The Kier molecular flexibility index (Phi) is 6.60. The molecule has 2 heterocycles. The summed E-state index contributed by atoms with van der Waals surface area (Å²) in [5.41, 5.74) is 5.03. The van der Waals surface area contributed by atoms with Crippen LogP contribution in [0.25, 0.3) is 11.0 Å². The average Bonchev–Trinajstić information content (AvgIpc) is 3.26. The van der Waals surface area contributed by atoms with Gasteiger partial charge in [0.25, 0.3) is 5.91 Å². The van der Waals surface area contributed by atoms with Gasteiger partial charge in [-0.25, -0.2) is 0 Å². The number of ether oxygens (including phenoxy) is 2. The lowest BCUT2D eigenvalue weighted by atomic mass is 9.97. The Labute approximate surface area is 232 Å². The predicted octanol–water partition coefficient (Wildman–Crippen LogP) is 7.14. The molecule has 1 aromatic heterocycles. The fourth-order valence-corrected chi connectivity index (χ4v) is 5.17. The highest BCUT2D eigenvalue weighted by molar-refractivity contribution is 6.10. The summed E-state index contributed by atoms with van der Waals surface area (Å²) in [5.74, 6) is 1.12. The average molecular weight is 532 g/mol. The van der Waals surface area contributed by atoms with Crippen LogP contribution in [0.2, 0.25) is 0 Å². The first-order chi connectivity index (χ1) is 19.4. The molecule has 1 aliphatic heterocycles. The van der Waals surface area contributed by atoms with E-state index in [-0.39, 0.29) is 17.1 Å². The van der Waals surface area contributed by atoms with E-state index in [0.717, 1.165) is 22.3 Å². The molecular formula is C34H29NO5. The number of anilines is 1. The topological polar surface area (TPSA) is 69.0 Å². The number of fused-ring (bicyclic) bond motifs is 2. The molecule has 1 aliphatic rings. The van der Waals surface area contributed by atoms with Gasteiger partial charge in [0.15, 0.2) is 5.43 Å². The number of carbonyl (C=O) groups excluding carboxylic acids is 1. The molecule has 6 nitrogen and oxygen atoms in total. The molecule has 0 aliphatic carbocycles. The second kappa shape index (κ2) is 10.4. The lowest BCUT2D eigenvalue weighted by Crippen LogP contribution is -2.29. The third-order valence-electron chi connectivity index (χ3n) is 7.36. The van der Waals surface area contributed by atoms with Gasteiger partial charge >= 0.3 is 0 Å². The van der Waals surface area contributed by atoms with Crippen LogP contribution < -0.4 is 19.8 Å². The first kappa shape index (κ1) is 25.4. The van der Waals surface area contributed by atoms with Crippen LogP contribution in [0.3, 0.4) is 0 Å². The molecule has 40 heavy (non-hydrogen) atoms. The minimum Gasteiger partial charge on any atom is -0.494 e. The highest BCUT2D eigenvalue weighted by atomic mass is 16.5. The zero-order valence-electron chi connectivity index (χ0n) is 22.6. The SMILES string of the molecule is CCOc1ccc(N2C(=O)c3oc4cc(C)c(C)cc4c(=O)c3C2c2ccc(OCc3ccccc3)cc2)cc1. The summed E-state index contributed by atoms with van der Waals surface area (Å²) in [7, 11) is 0. The predicted molar refractivity (Wildman–Crippen MR) is 155 cm³/mol. The second-order valence-corrected chi connectivity index (χ2v) is 9.95. The molecule has 200 valence electrons. The number of hydrogen-bond acceptors (Lipinski definition) is 5. The van der Waals surface area contributed by atoms with Crippen LogP contribution in [0.15, 0.2) is 100 Å². The number of benzene rings is 4. The summed E-state index contributed by atoms with van der Waals surface area (Å²) < 4.78 is 17.7. The first-order valence-corrected chi connectivity index (χ1v) is 13.4. The normalized spacial score (nSPS) is 14.4. The molecule has 0 fully saturated rings. The van der Waals surface area contributed by atoms with E-state index in [1.54, 1.807) is 4.90 Å². The maximum Gasteiger partial charge on any atom is 0.295 e. The molecule has 0 bridgehead atoms. The largest absolute Gasteiger partial charge is 0.494 e. The third kappa shape index (κ3) is 4.51. The van der Waals surface area contributed by atoms with Crippen molar-refractivity contribution < 1.29 is 18.7 Å². The Hall–Kier alpha value is -4.84. The van der Waals surface area contributed by atoms with E-state index in [4.69, 9.17) is 13.9 Å². The van der Waals surface area contributed by atoms with Crippen molar-refractivity contribution in [2.75, 3.05) is 11.5 Å². The van der Waals surface area contributed by atoms with E-state index in [0.29, 0.717) is 46.9 Å². The van der Waals surface area contributed by atoms with Crippen molar-refractivity contribution >= 4 is 22.6 Å². The van der Waals surface area contributed by atoms with Crippen molar-refractivity contribution in [2.45, 2.75) is 33.4 Å². The Bertz CT molecular complexity index is 1760. The van der Waals surface area contributed by atoms with E-state index in [1.807, 2.05) is 112 Å². The molecule has 1 unspecified atom stereocenters. The Morgan fingerprint density at radius 2 is 1.45 bits per heavy atom. The molecule has 0 radical (unpaired) electrons. The molecule has 5 aromatic rings. The van der Waals surface area contributed by atoms with Crippen LogP contribution >= 0.6 is 0 Å². The van der Waals surface area contributed by atoms with E-state index in [1.165, 1.54) is 0 Å². The van der Waals surface area contributed by atoms with Gasteiger partial charge < -0.3 is 13.9 Å². The zero-order chi connectivity index (χ0) is 27.8. The van der Waals surface area contributed by atoms with Crippen molar-refractivity contribution in [3.8, 4) is 11.5 Å². The quantitative estimate of drug-likeness (QED) is 0.223. The molecule has 4 aromatic carbocycles. The first-order valence-electron chi connectivity index (χ1n) is 13.4. The van der Waals surface area contributed by atoms with Crippen LogP contribution in [-0.2, 0) is 6.61 Å². The van der Waals surface area contributed by atoms with Gasteiger partial charge in [-0.15, -0.1) is 0 Å². The van der Waals surface area contributed by atoms with Gasteiger partial charge in [-0.1, -0.05) is 42.5 Å². The zero-order valence-corrected chi connectivity index (χ0v) is 22.6. The maximum atomic E-state index is 14.0. The molecule has 6 rings (SSSR count). The summed E-state index contributed by atoms with van der Waals surface area (Å²) in [6.45, 7) is 6.82. The van der Waals surface area contributed by atoms with Gasteiger partial charge in [0.05, 0.1) is 23.6 Å². The lowest BCUT2D eigenvalue weighted by Gasteiger charge is -2.25. The van der Waals surface area contributed by atoms with Gasteiger partial charge in [0, 0.05) is 5.69 Å².